The molecule has 35 heavy (non-hydrogen) atoms. The topological polar surface area (TPSA) is 130 Å². The van der Waals surface area contributed by atoms with E-state index in [9.17, 15) is 28.1 Å². The maximum atomic E-state index is 13.5. The van der Waals surface area contributed by atoms with Gasteiger partial charge in [0.25, 0.3) is 5.69 Å². The Balaban J connectivity index is 2.43. The molecule has 0 spiro atoms. The minimum atomic E-state index is -3.97. The number of carbonyl (C=O) groups is 2. The van der Waals surface area contributed by atoms with Crippen molar-refractivity contribution in [2.24, 2.45) is 0 Å². The van der Waals surface area contributed by atoms with E-state index in [0.717, 1.165) is 27.8 Å². The van der Waals surface area contributed by atoms with E-state index in [1.165, 1.54) is 23.1 Å². The first-order valence-corrected chi connectivity index (χ1v) is 13.1. The second-order valence-corrected chi connectivity index (χ2v) is 10.5. The van der Waals surface area contributed by atoms with Gasteiger partial charge in [0.05, 0.1) is 16.9 Å². The van der Waals surface area contributed by atoms with Gasteiger partial charge >= 0.3 is 0 Å². The highest BCUT2D eigenvalue weighted by Crippen LogP contribution is 2.24. The van der Waals surface area contributed by atoms with Gasteiger partial charge in [-0.3, -0.25) is 24.0 Å². The van der Waals surface area contributed by atoms with Crippen LogP contribution in [0.25, 0.3) is 0 Å². The number of hydrogen-bond acceptors (Lipinski definition) is 6. The van der Waals surface area contributed by atoms with Gasteiger partial charge in [0.15, 0.2) is 0 Å². The van der Waals surface area contributed by atoms with Crippen LogP contribution in [0.3, 0.4) is 0 Å². The van der Waals surface area contributed by atoms with Crippen LogP contribution in [0.15, 0.2) is 48.5 Å². The van der Waals surface area contributed by atoms with Crippen LogP contribution in [0.5, 0.6) is 0 Å². The van der Waals surface area contributed by atoms with Crippen LogP contribution in [0.4, 0.5) is 11.4 Å². The highest BCUT2D eigenvalue weighted by atomic mass is 32.2. The first kappa shape index (κ1) is 27.8. The lowest BCUT2D eigenvalue weighted by molar-refractivity contribution is -0.384. The minimum absolute atomic E-state index is 0.0118. The van der Waals surface area contributed by atoms with Crippen molar-refractivity contribution in [3.63, 3.8) is 0 Å². The standard InChI is InChI=1S/C24H32N4O6S/c1-6-18(3)25-24(30)19(4)26(15-20-10-7-9-17(2)13-20)23(29)16-27(35(5,33)34)21-11-8-12-22(14-21)28(31)32/h7-14,18-19H,6,15-16H2,1-5H3,(H,25,30)/t18-,19-/m0/s1. The smallest absolute Gasteiger partial charge is 0.271 e. The van der Waals surface area contributed by atoms with Crippen molar-refractivity contribution in [3.05, 3.63) is 69.8 Å². The number of sulfonamides is 1. The molecule has 0 heterocycles. The zero-order valence-corrected chi connectivity index (χ0v) is 21.4. The Morgan fingerprint density at radius 3 is 2.34 bits per heavy atom. The van der Waals surface area contributed by atoms with Crippen molar-refractivity contribution in [3.8, 4) is 0 Å². The Morgan fingerprint density at radius 2 is 1.77 bits per heavy atom. The Hall–Kier alpha value is -3.47. The molecule has 10 nitrogen and oxygen atoms in total. The van der Waals surface area contributed by atoms with E-state index in [2.05, 4.69) is 5.32 Å². The molecule has 2 amide bonds. The predicted molar refractivity (Wildman–Crippen MR) is 134 cm³/mol. The van der Waals surface area contributed by atoms with Crippen LogP contribution in [0.2, 0.25) is 0 Å². The largest absolute Gasteiger partial charge is 0.352 e. The second kappa shape index (κ2) is 11.8. The monoisotopic (exact) mass is 504 g/mol. The van der Waals surface area contributed by atoms with Crippen LogP contribution in [0, 0.1) is 17.0 Å². The van der Waals surface area contributed by atoms with Crippen LogP contribution in [0.1, 0.15) is 38.3 Å². The molecule has 0 saturated heterocycles. The highest BCUT2D eigenvalue weighted by molar-refractivity contribution is 7.92. The molecule has 2 aromatic carbocycles. The van der Waals surface area contributed by atoms with Crippen molar-refractivity contribution in [1.82, 2.24) is 10.2 Å². The van der Waals surface area contributed by atoms with Crippen LogP contribution < -0.4 is 9.62 Å². The Labute approximate surface area is 206 Å². The molecule has 2 rings (SSSR count). The maximum absolute atomic E-state index is 13.5. The average Bonchev–Trinajstić information content (AvgIpc) is 2.79. The second-order valence-electron chi connectivity index (χ2n) is 8.55. The summed E-state index contributed by atoms with van der Waals surface area (Å²) in [6, 6.07) is 11.5. The van der Waals surface area contributed by atoms with E-state index >= 15 is 0 Å². The lowest BCUT2D eigenvalue weighted by Gasteiger charge is -2.32. The van der Waals surface area contributed by atoms with Crippen LogP contribution in [-0.4, -0.2) is 54.9 Å². The quantitative estimate of drug-likeness (QED) is 0.370. The molecular formula is C24H32N4O6S. The number of non-ortho nitro benzene ring substituents is 1. The van der Waals surface area contributed by atoms with Gasteiger partial charge < -0.3 is 10.2 Å². The zero-order valence-electron chi connectivity index (χ0n) is 20.6. The molecule has 0 aliphatic heterocycles. The molecule has 2 atom stereocenters. The first-order chi connectivity index (χ1) is 16.3. The molecule has 0 aliphatic carbocycles. The number of anilines is 1. The summed E-state index contributed by atoms with van der Waals surface area (Å²) in [5.41, 5.74) is 1.44. The average molecular weight is 505 g/mol. The van der Waals surface area contributed by atoms with E-state index in [1.54, 1.807) is 6.92 Å². The van der Waals surface area contributed by atoms with E-state index < -0.39 is 33.4 Å². The number of carbonyl (C=O) groups excluding carboxylic acids is 2. The fourth-order valence-electron chi connectivity index (χ4n) is 3.43. The summed E-state index contributed by atoms with van der Waals surface area (Å²) in [6.07, 6.45) is 1.63. The number of rotatable bonds is 11. The summed E-state index contributed by atoms with van der Waals surface area (Å²) in [4.78, 5) is 38.2. The van der Waals surface area contributed by atoms with Crippen molar-refractivity contribution < 1.29 is 22.9 Å². The van der Waals surface area contributed by atoms with Crippen molar-refractivity contribution in [2.75, 3.05) is 17.1 Å². The lowest BCUT2D eigenvalue weighted by atomic mass is 10.1. The van der Waals surface area contributed by atoms with E-state index in [1.807, 2.05) is 45.0 Å². The molecule has 0 aromatic heterocycles. The van der Waals surface area contributed by atoms with Gasteiger partial charge in [0.1, 0.15) is 12.6 Å². The number of hydrogen-bond donors (Lipinski definition) is 1. The predicted octanol–water partition coefficient (Wildman–Crippen LogP) is 3.00. The SMILES string of the molecule is CC[C@H](C)NC(=O)[C@H](C)N(Cc1cccc(C)c1)C(=O)CN(c1cccc([N+](=O)[O-])c1)S(C)(=O)=O. The molecule has 11 heteroatoms. The summed E-state index contributed by atoms with van der Waals surface area (Å²) >= 11 is 0. The number of nitrogens with one attached hydrogen (secondary N) is 1. The van der Waals surface area contributed by atoms with Crippen LogP contribution >= 0.6 is 0 Å². The van der Waals surface area contributed by atoms with Gasteiger partial charge in [0.2, 0.25) is 21.8 Å². The summed E-state index contributed by atoms with van der Waals surface area (Å²) in [5, 5.41) is 14.0. The Bertz CT molecular complexity index is 1180. The third-order valence-corrected chi connectivity index (χ3v) is 6.75. The number of amides is 2. The summed E-state index contributed by atoms with van der Waals surface area (Å²) < 4.78 is 25.9. The number of nitro groups is 1. The molecule has 0 unspecified atom stereocenters. The van der Waals surface area contributed by atoms with E-state index in [0.29, 0.717) is 6.42 Å². The molecular weight excluding hydrogens is 472 g/mol. The highest BCUT2D eigenvalue weighted by Gasteiger charge is 2.31. The Morgan fingerprint density at radius 1 is 1.11 bits per heavy atom. The molecule has 0 aliphatic rings. The molecule has 0 fully saturated rings. The van der Waals surface area contributed by atoms with Gasteiger partial charge in [-0.05, 0) is 38.8 Å². The summed E-state index contributed by atoms with van der Waals surface area (Å²) in [7, 11) is -3.97. The van der Waals surface area contributed by atoms with Gasteiger partial charge in [-0.1, -0.05) is 42.8 Å². The number of benzene rings is 2. The molecule has 2 aromatic rings. The summed E-state index contributed by atoms with van der Waals surface area (Å²) in [6.45, 7) is 6.74. The first-order valence-electron chi connectivity index (χ1n) is 11.2. The van der Waals surface area contributed by atoms with Crippen molar-refractivity contribution in [2.45, 2.75) is 52.7 Å². The third-order valence-electron chi connectivity index (χ3n) is 5.61. The number of aryl methyl sites for hydroxylation is 1. The third kappa shape index (κ3) is 7.78. The number of nitro benzene ring substituents is 1. The molecule has 1 N–H and O–H groups in total. The van der Waals surface area contributed by atoms with Crippen LogP contribution in [-0.2, 0) is 26.2 Å². The van der Waals surface area contributed by atoms with E-state index in [4.69, 9.17) is 0 Å². The fraction of sp³-hybridized carbons (Fsp3) is 0.417. The zero-order chi connectivity index (χ0) is 26.3. The normalized spacial score (nSPS) is 12.9. The minimum Gasteiger partial charge on any atom is -0.352 e. The molecule has 0 saturated carbocycles. The summed E-state index contributed by atoms with van der Waals surface area (Å²) in [5.74, 6) is -0.975. The molecule has 0 radical (unpaired) electrons. The Kier molecular flexibility index (Phi) is 9.35. The van der Waals surface area contributed by atoms with Crippen molar-refractivity contribution in [1.29, 1.82) is 0 Å². The lowest BCUT2D eigenvalue weighted by Crippen LogP contribution is -2.52. The molecule has 190 valence electrons. The van der Waals surface area contributed by atoms with Gasteiger partial charge in [0, 0.05) is 24.7 Å². The molecule has 0 bridgehead atoms. The van der Waals surface area contributed by atoms with Gasteiger partial charge in [-0.15, -0.1) is 0 Å². The fourth-order valence-corrected chi connectivity index (χ4v) is 4.27. The van der Waals surface area contributed by atoms with Gasteiger partial charge in [-0.25, -0.2) is 8.42 Å². The number of nitrogens with zero attached hydrogens (tertiary/aromatic N) is 3. The van der Waals surface area contributed by atoms with E-state index in [-0.39, 0.29) is 29.9 Å². The maximum Gasteiger partial charge on any atom is 0.271 e. The van der Waals surface area contributed by atoms with Gasteiger partial charge in [-0.2, -0.15) is 0 Å². The van der Waals surface area contributed by atoms with Crippen molar-refractivity contribution >= 4 is 33.2 Å².